The van der Waals surface area contributed by atoms with E-state index in [1.807, 2.05) is 41.2 Å². The number of thiazole rings is 1. The monoisotopic (exact) mass is 300 g/mol. The Hall–Kier alpha value is -2.67. The predicted octanol–water partition coefficient (Wildman–Crippen LogP) is 2.83. The van der Waals surface area contributed by atoms with Gasteiger partial charge >= 0.3 is 5.97 Å². The Kier molecular flexibility index (Phi) is 3.65. The number of nitrogens with one attached hydrogen (secondary N) is 1. The highest BCUT2D eigenvalue weighted by atomic mass is 32.1. The van der Waals surface area contributed by atoms with E-state index >= 15 is 0 Å². The number of aromatic carboxylic acids is 1. The van der Waals surface area contributed by atoms with Gasteiger partial charge in [0.15, 0.2) is 5.13 Å². The molecule has 2 aromatic heterocycles. The molecule has 0 aliphatic carbocycles. The largest absolute Gasteiger partial charge is 0.477 e. The van der Waals surface area contributed by atoms with E-state index in [9.17, 15) is 4.79 Å². The zero-order chi connectivity index (χ0) is 14.7. The molecule has 106 valence electrons. The Morgan fingerprint density at radius 2 is 2.10 bits per heavy atom. The average molecular weight is 300 g/mol. The van der Waals surface area contributed by atoms with Crippen LogP contribution in [0.15, 0.2) is 48.9 Å². The van der Waals surface area contributed by atoms with Crippen molar-refractivity contribution in [1.29, 1.82) is 0 Å². The van der Waals surface area contributed by atoms with Crippen LogP contribution in [0.2, 0.25) is 0 Å². The molecule has 3 rings (SSSR count). The first-order chi connectivity index (χ1) is 10.2. The van der Waals surface area contributed by atoms with Crippen molar-refractivity contribution in [3.63, 3.8) is 0 Å². The zero-order valence-electron chi connectivity index (χ0n) is 10.9. The lowest BCUT2D eigenvalue weighted by Crippen LogP contribution is -1.99. The van der Waals surface area contributed by atoms with Gasteiger partial charge in [-0.15, -0.1) is 0 Å². The molecule has 0 fully saturated rings. The Bertz CT molecular complexity index is 751. The lowest BCUT2D eigenvalue weighted by Gasteiger charge is -2.01. The first kappa shape index (κ1) is 13.3. The first-order valence-corrected chi connectivity index (χ1v) is 7.05. The van der Waals surface area contributed by atoms with E-state index in [-0.39, 0.29) is 4.88 Å². The molecule has 0 bridgehead atoms. The van der Waals surface area contributed by atoms with Gasteiger partial charge in [0, 0.05) is 6.20 Å². The van der Waals surface area contributed by atoms with Gasteiger partial charge in [0.1, 0.15) is 4.88 Å². The van der Waals surface area contributed by atoms with Crippen LogP contribution in [0.3, 0.4) is 0 Å². The van der Waals surface area contributed by atoms with Crippen LogP contribution in [0.25, 0.3) is 0 Å². The third-order valence-corrected chi connectivity index (χ3v) is 3.69. The quantitative estimate of drug-likeness (QED) is 0.757. The highest BCUT2D eigenvalue weighted by molar-refractivity contribution is 7.17. The molecular weight excluding hydrogens is 288 g/mol. The minimum absolute atomic E-state index is 0.203. The normalized spacial score (nSPS) is 10.5. The van der Waals surface area contributed by atoms with E-state index in [4.69, 9.17) is 5.11 Å². The summed E-state index contributed by atoms with van der Waals surface area (Å²) in [6.45, 7) is 0.681. The van der Waals surface area contributed by atoms with E-state index < -0.39 is 5.97 Å². The summed E-state index contributed by atoms with van der Waals surface area (Å²) in [6, 6.07) is 10.0. The fraction of sp³-hybridized carbons (Fsp3) is 0.0714. The summed E-state index contributed by atoms with van der Waals surface area (Å²) in [4.78, 5) is 15.0. The van der Waals surface area contributed by atoms with Gasteiger partial charge in [0.2, 0.25) is 0 Å². The van der Waals surface area contributed by atoms with Crippen molar-refractivity contribution in [3.05, 3.63) is 59.4 Å². The maximum absolute atomic E-state index is 10.8. The van der Waals surface area contributed by atoms with Crippen molar-refractivity contribution < 1.29 is 9.90 Å². The molecule has 3 aromatic rings. The fourth-order valence-electron chi connectivity index (χ4n) is 1.84. The Morgan fingerprint density at radius 3 is 2.81 bits per heavy atom. The molecule has 2 N–H and O–H groups in total. The number of hydrogen-bond donors (Lipinski definition) is 2. The number of carboxylic acids is 1. The number of hydrogen-bond acceptors (Lipinski definition) is 5. The molecule has 6 nitrogen and oxygen atoms in total. The second kappa shape index (κ2) is 5.76. The SMILES string of the molecule is O=C(O)c1cnc(Nc2cnn(Cc3ccccc3)c2)s1. The third kappa shape index (κ3) is 3.26. The van der Waals surface area contributed by atoms with E-state index in [1.165, 1.54) is 6.20 Å². The molecule has 0 unspecified atom stereocenters. The molecule has 21 heavy (non-hydrogen) atoms. The summed E-state index contributed by atoms with van der Waals surface area (Å²) < 4.78 is 1.81. The molecule has 0 aliphatic rings. The van der Waals surface area contributed by atoms with E-state index in [1.54, 1.807) is 6.20 Å². The molecule has 0 amide bonds. The maximum Gasteiger partial charge on any atom is 0.347 e. The minimum atomic E-state index is -0.972. The molecule has 0 aliphatic heterocycles. The Balaban J connectivity index is 1.68. The molecule has 0 saturated carbocycles. The van der Waals surface area contributed by atoms with Gasteiger partial charge in [-0.1, -0.05) is 41.7 Å². The number of aromatic nitrogens is 3. The summed E-state index contributed by atoms with van der Waals surface area (Å²) in [7, 11) is 0. The summed E-state index contributed by atoms with van der Waals surface area (Å²) in [5, 5.41) is 16.7. The van der Waals surface area contributed by atoms with Crippen molar-refractivity contribution in [3.8, 4) is 0 Å². The van der Waals surface area contributed by atoms with Gasteiger partial charge in [0.05, 0.1) is 24.6 Å². The van der Waals surface area contributed by atoms with Crippen LogP contribution in [-0.4, -0.2) is 25.8 Å². The number of carboxylic acid groups (broad SMARTS) is 1. The molecule has 0 saturated heterocycles. The summed E-state index contributed by atoms with van der Waals surface area (Å²) in [5.41, 5.74) is 1.94. The topological polar surface area (TPSA) is 80.0 Å². The van der Waals surface area contributed by atoms with Crippen molar-refractivity contribution in [2.75, 3.05) is 5.32 Å². The van der Waals surface area contributed by atoms with Crippen LogP contribution < -0.4 is 5.32 Å². The van der Waals surface area contributed by atoms with Gasteiger partial charge in [-0.2, -0.15) is 5.10 Å². The number of carbonyl (C=O) groups is 1. The van der Waals surface area contributed by atoms with Crippen LogP contribution in [0, 0.1) is 0 Å². The first-order valence-electron chi connectivity index (χ1n) is 6.23. The van der Waals surface area contributed by atoms with Gasteiger partial charge in [0.25, 0.3) is 0 Å². The van der Waals surface area contributed by atoms with Crippen LogP contribution in [0.5, 0.6) is 0 Å². The number of benzene rings is 1. The van der Waals surface area contributed by atoms with Gasteiger partial charge in [-0.25, -0.2) is 9.78 Å². The second-order valence-corrected chi connectivity index (χ2v) is 5.40. The van der Waals surface area contributed by atoms with Crippen molar-refractivity contribution in [2.24, 2.45) is 0 Å². The van der Waals surface area contributed by atoms with Crippen LogP contribution in [-0.2, 0) is 6.54 Å². The molecule has 7 heteroatoms. The summed E-state index contributed by atoms with van der Waals surface area (Å²) in [5.74, 6) is -0.972. The summed E-state index contributed by atoms with van der Waals surface area (Å²) in [6.07, 6.45) is 4.88. The van der Waals surface area contributed by atoms with Crippen LogP contribution in [0.4, 0.5) is 10.8 Å². The highest BCUT2D eigenvalue weighted by Gasteiger charge is 2.09. The second-order valence-electron chi connectivity index (χ2n) is 4.37. The zero-order valence-corrected chi connectivity index (χ0v) is 11.7. The van der Waals surface area contributed by atoms with E-state index in [0.717, 1.165) is 22.6 Å². The van der Waals surface area contributed by atoms with E-state index in [2.05, 4.69) is 15.4 Å². The molecule has 0 radical (unpaired) electrons. The minimum Gasteiger partial charge on any atom is -0.477 e. The fourth-order valence-corrected chi connectivity index (χ4v) is 2.51. The Morgan fingerprint density at radius 1 is 1.29 bits per heavy atom. The van der Waals surface area contributed by atoms with E-state index in [0.29, 0.717) is 11.7 Å². The van der Waals surface area contributed by atoms with Gasteiger partial charge in [-0.05, 0) is 5.56 Å². The molecule has 2 heterocycles. The van der Waals surface area contributed by atoms with Crippen molar-refractivity contribution in [1.82, 2.24) is 14.8 Å². The lowest BCUT2D eigenvalue weighted by molar-refractivity contribution is 0.0702. The van der Waals surface area contributed by atoms with Crippen molar-refractivity contribution in [2.45, 2.75) is 6.54 Å². The average Bonchev–Trinajstić information content (AvgIpc) is 3.10. The lowest BCUT2D eigenvalue weighted by atomic mass is 10.2. The van der Waals surface area contributed by atoms with Crippen LogP contribution in [0.1, 0.15) is 15.2 Å². The predicted molar refractivity (Wildman–Crippen MR) is 80.1 cm³/mol. The Labute approximate surface area is 124 Å². The smallest absolute Gasteiger partial charge is 0.347 e. The number of nitrogens with zero attached hydrogens (tertiary/aromatic N) is 3. The van der Waals surface area contributed by atoms with Gasteiger partial charge < -0.3 is 10.4 Å². The molecule has 0 atom stereocenters. The molecule has 0 spiro atoms. The van der Waals surface area contributed by atoms with Crippen molar-refractivity contribution >= 4 is 28.1 Å². The number of rotatable bonds is 5. The molecule has 1 aromatic carbocycles. The number of anilines is 2. The highest BCUT2D eigenvalue weighted by Crippen LogP contribution is 2.22. The molecular formula is C14H12N4O2S. The summed E-state index contributed by atoms with van der Waals surface area (Å²) >= 11 is 1.09. The third-order valence-electron chi connectivity index (χ3n) is 2.79. The van der Waals surface area contributed by atoms with Gasteiger partial charge in [-0.3, -0.25) is 4.68 Å². The maximum atomic E-state index is 10.8. The van der Waals surface area contributed by atoms with Crippen LogP contribution >= 0.6 is 11.3 Å². The standard InChI is InChI=1S/C14H12N4O2S/c19-13(20)12-7-15-14(21-12)17-11-6-16-18(9-11)8-10-4-2-1-3-5-10/h1-7,9H,8H2,(H,15,17)(H,19,20).